The highest BCUT2D eigenvalue weighted by Gasteiger charge is 2.35. The van der Waals surface area contributed by atoms with E-state index in [0.29, 0.717) is 19.0 Å². The molecule has 0 spiro atoms. The average molecular weight is 605 g/mol. The first kappa shape index (κ1) is 31.6. The van der Waals surface area contributed by atoms with Crippen molar-refractivity contribution in [3.63, 3.8) is 0 Å². The van der Waals surface area contributed by atoms with Crippen LogP contribution >= 0.6 is 12.4 Å². The average Bonchev–Trinajstić information content (AvgIpc) is 3.78. The fraction of sp³-hybridized carbons (Fsp3) is 0.600. The van der Waals surface area contributed by atoms with Crippen molar-refractivity contribution in [1.82, 2.24) is 19.8 Å². The topological polar surface area (TPSA) is 64.9 Å². The third-order valence-electron chi connectivity index (χ3n) is 9.97. The number of hydrogen-bond donors (Lipinski definition) is 0. The highest BCUT2D eigenvalue weighted by atomic mass is 35.5. The molecule has 1 amide bonds. The molecule has 0 radical (unpaired) electrons. The zero-order valence-electron chi connectivity index (χ0n) is 26.3. The van der Waals surface area contributed by atoms with Crippen LogP contribution in [0.5, 0.6) is 0 Å². The molecule has 3 aliphatic carbocycles. The van der Waals surface area contributed by atoms with Gasteiger partial charge in [0, 0.05) is 71.2 Å². The van der Waals surface area contributed by atoms with E-state index in [9.17, 15) is 4.79 Å². The molecule has 1 aromatic rings. The van der Waals surface area contributed by atoms with Crippen LogP contribution in [0.15, 0.2) is 57.8 Å². The lowest BCUT2D eigenvalue weighted by molar-refractivity contribution is -0.126. The summed E-state index contributed by atoms with van der Waals surface area (Å²) in [6.45, 7) is 9.90. The van der Waals surface area contributed by atoms with Crippen LogP contribution in [-0.4, -0.2) is 84.2 Å². The van der Waals surface area contributed by atoms with Crippen molar-refractivity contribution in [2.24, 2.45) is 16.8 Å². The second-order valence-corrected chi connectivity index (χ2v) is 12.8. The number of carbonyl (C=O) groups is 1. The number of anilines is 1. The molecule has 6 rings (SSSR count). The van der Waals surface area contributed by atoms with Crippen LogP contribution in [0.2, 0.25) is 0 Å². The Hall–Kier alpha value is -2.77. The maximum Gasteiger partial charge on any atom is 0.255 e. The molecule has 1 aromatic heterocycles. The summed E-state index contributed by atoms with van der Waals surface area (Å²) >= 11 is 0. The van der Waals surface area contributed by atoms with Gasteiger partial charge < -0.3 is 9.80 Å². The van der Waals surface area contributed by atoms with Crippen LogP contribution in [-0.2, 0) is 17.6 Å². The molecule has 7 nitrogen and oxygen atoms in total. The van der Waals surface area contributed by atoms with Gasteiger partial charge in [-0.15, -0.1) is 12.4 Å². The Morgan fingerprint density at radius 2 is 1.88 bits per heavy atom. The number of unbranched alkanes of at least 4 members (excludes halogenated alkanes) is 1. The van der Waals surface area contributed by atoms with E-state index in [1.54, 1.807) is 13.3 Å². The smallest absolute Gasteiger partial charge is 0.255 e. The van der Waals surface area contributed by atoms with Gasteiger partial charge in [0.05, 0.1) is 11.3 Å². The number of aliphatic imine (C=N–C) groups is 1. The number of rotatable bonds is 9. The Labute approximate surface area is 264 Å². The largest absolute Gasteiger partial charge is 0.338 e. The number of aromatic nitrogens is 2. The lowest BCUT2D eigenvalue weighted by atomic mass is 9.91. The Morgan fingerprint density at radius 3 is 2.58 bits per heavy atom. The van der Waals surface area contributed by atoms with Gasteiger partial charge in [-0.25, -0.2) is 9.97 Å². The molecule has 0 N–H and O–H groups in total. The van der Waals surface area contributed by atoms with Crippen LogP contribution in [0, 0.1) is 11.8 Å². The summed E-state index contributed by atoms with van der Waals surface area (Å²) in [6.07, 6.45) is 23.0. The third kappa shape index (κ3) is 7.31. The molecule has 0 bridgehead atoms. The molecule has 3 fully saturated rings. The van der Waals surface area contributed by atoms with Crippen molar-refractivity contribution in [2.75, 3.05) is 51.2 Å². The zero-order valence-corrected chi connectivity index (χ0v) is 27.1. The first-order valence-corrected chi connectivity index (χ1v) is 16.4. The number of piperazine rings is 1. The number of halogens is 1. The Bertz CT molecular complexity index is 1320. The molecule has 0 aromatic carbocycles. The molecular formula is C35H49ClN6O. The number of amides is 1. The molecule has 8 heteroatoms. The molecular weight excluding hydrogens is 556 g/mol. The molecule has 2 saturated carbocycles. The van der Waals surface area contributed by atoms with Crippen LogP contribution < -0.4 is 4.90 Å². The van der Waals surface area contributed by atoms with Crippen molar-refractivity contribution >= 4 is 30.5 Å². The minimum Gasteiger partial charge on any atom is -0.338 e. The summed E-state index contributed by atoms with van der Waals surface area (Å²) in [7, 11) is 1.77. The lowest BCUT2D eigenvalue weighted by Crippen LogP contribution is -2.52. The van der Waals surface area contributed by atoms with Gasteiger partial charge >= 0.3 is 0 Å². The van der Waals surface area contributed by atoms with Gasteiger partial charge in [0.1, 0.15) is 0 Å². The SMILES string of the molecule is CCCCC(/C(C)=C\C1=CC2CC2C=C1)=C(/C=NC)C(=O)N1CCc2cnc(N3CCN(C4CCC4)CC3)nc2CC1.Cl. The summed E-state index contributed by atoms with van der Waals surface area (Å²) in [5, 5.41) is 0. The zero-order chi connectivity index (χ0) is 29.1. The van der Waals surface area contributed by atoms with Gasteiger partial charge in [-0.3, -0.25) is 14.7 Å². The number of hydrogen-bond acceptors (Lipinski definition) is 6. The highest BCUT2D eigenvalue weighted by Crippen LogP contribution is 2.44. The van der Waals surface area contributed by atoms with Gasteiger partial charge in [-0.2, -0.15) is 0 Å². The summed E-state index contributed by atoms with van der Waals surface area (Å²) < 4.78 is 0. The van der Waals surface area contributed by atoms with Crippen molar-refractivity contribution in [3.8, 4) is 0 Å². The van der Waals surface area contributed by atoms with E-state index in [1.807, 2.05) is 11.1 Å². The molecule has 2 aliphatic heterocycles. The number of allylic oxidation sites excluding steroid dienone is 7. The quantitative estimate of drug-likeness (QED) is 0.204. The maximum absolute atomic E-state index is 14.2. The van der Waals surface area contributed by atoms with Gasteiger partial charge in [-0.05, 0) is 79.6 Å². The van der Waals surface area contributed by atoms with E-state index in [4.69, 9.17) is 9.97 Å². The Morgan fingerprint density at radius 1 is 1.09 bits per heavy atom. The fourth-order valence-corrected chi connectivity index (χ4v) is 6.94. The second kappa shape index (κ2) is 14.3. The first-order valence-electron chi connectivity index (χ1n) is 16.4. The van der Waals surface area contributed by atoms with Gasteiger partial charge in [0.25, 0.3) is 5.91 Å². The lowest BCUT2D eigenvalue weighted by Gasteiger charge is -2.43. The van der Waals surface area contributed by atoms with Crippen molar-refractivity contribution < 1.29 is 4.79 Å². The normalized spacial score (nSPS) is 24.8. The third-order valence-corrected chi connectivity index (χ3v) is 9.97. The molecule has 2 atom stereocenters. The summed E-state index contributed by atoms with van der Waals surface area (Å²) in [5.74, 6) is 2.39. The fourth-order valence-electron chi connectivity index (χ4n) is 6.94. The summed E-state index contributed by atoms with van der Waals surface area (Å²) in [4.78, 5) is 35.4. The molecule has 5 aliphatic rings. The Balaban J connectivity index is 0.00000368. The van der Waals surface area contributed by atoms with E-state index in [1.165, 1.54) is 42.4 Å². The molecule has 3 heterocycles. The van der Waals surface area contributed by atoms with Crippen LogP contribution in [0.25, 0.3) is 0 Å². The van der Waals surface area contributed by atoms with Crippen LogP contribution in [0.3, 0.4) is 0 Å². The maximum atomic E-state index is 14.2. The first-order chi connectivity index (χ1) is 20.5. The van der Waals surface area contributed by atoms with Crippen molar-refractivity contribution in [1.29, 1.82) is 0 Å². The van der Waals surface area contributed by atoms with E-state index >= 15 is 0 Å². The summed E-state index contributed by atoms with van der Waals surface area (Å²) in [6, 6.07) is 0.800. The predicted molar refractivity (Wildman–Crippen MR) is 178 cm³/mol. The molecule has 2 unspecified atom stereocenters. The van der Waals surface area contributed by atoms with E-state index in [2.05, 4.69) is 52.9 Å². The van der Waals surface area contributed by atoms with Gasteiger partial charge in [-0.1, -0.05) is 44.1 Å². The van der Waals surface area contributed by atoms with E-state index in [0.717, 1.165) is 93.0 Å². The van der Waals surface area contributed by atoms with Crippen LogP contribution in [0.4, 0.5) is 5.95 Å². The highest BCUT2D eigenvalue weighted by molar-refractivity contribution is 6.13. The molecule has 232 valence electrons. The Kier molecular flexibility index (Phi) is 10.6. The minimum absolute atomic E-state index is 0. The van der Waals surface area contributed by atoms with Crippen molar-refractivity contribution in [3.05, 3.63) is 64.1 Å². The van der Waals surface area contributed by atoms with Crippen molar-refractivity contribution in [2.45, 2.75) is 77.7 Å². The molecule has 1 saturated heterocycles. The molecule has 43 heavy (non-hydrogen) atoms. The number of carbonyl (C=O) groups excluding carboxylic acids is 1. The predicted octanol–water partition coefficient (Wildman–Crippen LogP) is 5.77. The minimum atomic E-state index is 0. The van der Waals surface area contributed by atoms with Gasteiger partial charge in [0.2, 0.25) is 5.95 Å². The van der Waals surface area contributed by atoms with E-state index in [-0.39, 0.29) is 18.3 Å². The number of nitrogens with zero attached hydrogens (tertiary/aromatic N) is 6. The second-order valence-electron chi connectivity index (χ2n) is 12.8. The monoisotopic (exact) mass is 604 g/mol. The standard InChI is InChI=1S/C35H48N6O.ClH/c1-4-5-9-31(25(2)20-26-10-11-27-22-29(27)21-26)32(24-36-3)34(42)40-14-12-28-23-37-35(38-33(28)13-15-40)41-18-16-39(17-19-41)30-7-6-8-30;/h10-11,20-21,23-24,27,29-30H,4-9,12-19,22H2,1-3H3;1H/b25-20-,32-31+,36-24?;. The number of fused-ring (bicyclic) bond motifs is 2. The van der Waals surface area contributed by atoms with Crippen LogP contribution in [0.1, 0.15) is 70.1 Å². The summed E-state index contributed by atoms with van der Waals surface area (Å²) in [5.41, 5.74) is 6.59. The van der Waals surface area contributed by atoms with Gasteiger partial charge in [0.15, 0.2) is 0 Å². The van der Waals surface area contributed by atoms with E-state index < -0.39 is 0 Å².